The molecule has 1 heterocycles. The molecule has 88 valence electrons. The molecule has 3 rings (SSSR count). The van der Waals surface area contributed by atoms with Gasteiger partial charge in [-0.1, -0.05) is 36.1 Å². The van der Waals surface area contributed by atoms with E-state index < -0.39 is 0 Å². The van der Waals surface area contributed by atoms with Crippen molar-refractivity contribution in [3.63, 3.8) is 0 Å². The summed E-state index contributed by atoms with van der Waals surface area (Å²) in [6, 6.07) is 11.1. The fourth-order valence-electron chi connectivity index (χ4n) is 2.20. The normalized spacial score (nSPS) is 14.2. The van der Waals surface area contributed by atoms with Crippen molar-refractivity contribution in [1.82, 2.24) is 4.31 Å². The first-order chi connectivity index (χ1) is 8.74. The van der Waals surface area contributed by atoms with Gasteiger partial charge < -0.3 is 0 Å². The van der Waals surface area contributed by atoms with Crippen LogP contribution in [0.15, 0.2) is 36.4 Å². The molecule has 0 N–H and O–H groups in total. The lowest BCUT2D eigenvalue weighted by Gasteiger charge is -2.25. The van der Waals surface area contributed by atoms with Gasteiger partial charge in [-0.2, -0.15) is 9.12 Å². The molecule has 18 heavy (non-hydrogen) atoms. The van der Waals surface area contributed by atoms with Crippen molar-refractivity contribution < 1.29 is 9.59 Å². The van der Waals surface area contributed by atoms with Gasteiger partial charge in [0.05, 0.1) is 0 Å². The highest BCUT2D eigenvalue weighted by molar-refractivity contribution is 8.31. The average molecular weight is 273 g/mol. The van der Waals surface area contributed by atoms with Gasteiger partial charge in [0, 0.05) is 16.5 Å². The first-order valence-electron chi connectivity index (χ1n) is 5.47. The van der Waals surface area contributed by atoms with Crippen LogP contribution in [0.25, 0.3) is 10.8 Å². The van der Waals surface area contributed by atoms with Crippen LogP contribution in [0.4, 0.5) is 0 Å². The molecule has 0 spiro atoms. The van der Waals surface area contributed by atoms with Gasteiger partial charge in [-0.3, -0.25) is 9.59 Å². The Balaban J connectivity index is 2.32. The molecule has 6 heteroatoms. The summed E-state index contributed by atoms with van der Waals surface area (Å²) in [6.07, 6.45) is 0.607. The lowest BCUT2D eigenvalue weighted by atomic mass is 9.95. The van der Waals surface area contributed by atoms with Crippen molar-refractivity contribution in [2.75, 3.05) is 0 Å². The number of rotatable bonds is 2. The number of amides is 2. The summed E-state index contributed by atoms with van der Waals surface area (Å²) in [5.41, 5.74) is 1.21. The Hall–Kier alpha value is -1.32. The third-order valence-corrected chi connectivity index (χ3v) is 4.12. The lowest BCUT2D eigenvalue weighted by molar-refractivity contribution is 0.0739. The topological polar surface area (TPSA) is 37.4 Å². The van der Waals surface area contributed by atoms with Crippen LogP contribution in [0.2, 0.25) is 0 Å². The maximum Gasteiger partial charge on any atom is 0.270 e. The Morgan fingerprint density at radius 2 is 1.56 bits per heavy atom. The van der Waals surface area contributed by atoms with Crippen molar-refractivity contribution in [2.45, 2.75) is 0 Å². The number of carbonyl (C=O) groups excluding carboxylic acids is 2. The smallest absolute Gasteiger partial charge is 0.268 e. The summed E-state index contributed by atoms with van der Waals surface area (Å²) in [6.45, 7) is 0. The quantitative estimate of drug-likeness (QED) is 0.364. The second kappa shape index (κ2) is 4.41. The molecule has 0 aromatic heterocycles. The maximum atomic E-state index is 12.3. The summed E-state index contributed by atoms with van der Waals surface area (Å²) in [5.74, 6) is -0.450. The van der Waals surface area contributed by atoms with Crippen molar-refractivity contribution in [1.29, 1.82) is 0 Å². The predicted octanol–water partition coefficient (Wildman–Crippen LogP) is 2.23. The van der Waals surface area contributed by atoms with Crippen LogP contribution in [-0.2, 0) is 0 Å². The van der Waals surface area contributed by atoms with Gasteiger partial charge in [0.2, 0.25) is 6.28 Å². The van der Waals surface area contributed by atoms with E-state index in [2.05, 4.69) is 9.12 Å². The second-order valence-corrected chi connectivity index (χ2v) is 5.87. The third kappa shape index (κ3) is 1.58. The van der Waals surface area contributed by atoms with Crippen molar-refractivity contribution in [3.05, 3.63) is 47.5 Å². The standard InChI is InChI=1S/C12H9BNO2PS/c15-11-8-5-1-3-7-4-2-6-9(10(7)8)12(16)14(11)18-13-17/h1-6,13H,17H2. The number of benzene rings is 2. The Morgan fingerprint density at radius 3 is 2.06 bits per heavy atom. The van der Waals surface area contributed by atoms with Gasteiger partial charge >= 0.3 is 0 Å². The Labute approximate surface area is 111 Å². The molecule has 0 saturated carbocycles. The van der Waals surface area contributed by atoms with E-state index in [0.29, 0.717) is 17.4 Å². The van der Waals surface area contributed by atoms with E-state index in [1.165, 1.54) is 16.1 Å². The molecule has 0 radical (unpaired) electrons. The molecule has 2 amide bonds. The molecule has 1 unspecified atom stereocenters. The molecular weight excluding hydrogens is 264 g/mol. The van der Waals surface area contributed by atoms with E-state index in [1.807, 2.05) is 24.3 Å². The van der Waals surface area contributed by atoms with Crippen molar-refractivity contribution >= 4 is 49.8 Å². The molecule has 2 aromatic rings. The molecule has 1 aliphatic rings. The minimum atomic E-state index is -0.225. The van der Waals surface area contributed by atoms with E-state index in [4.69, 9.17) is 0 Å². The van der Waals surface area contributed by atoms with Crippen molar-refractivity contribution in [2.24, 2.45) is 0 Å². The minimum absolute atomic E-state index is 0.225. The zero-order valence-corrected chi connectivity index (χ0v) is 11.4. The molecule has 0 bridgehead atoms. The van der Waals surface area contributed by atoms with Crippen LogP contribution in [-0.4, -0.2) is 22.4 Å². The highest BCUT2D eigenvalue weighted by Crippen LogP contribution is 2.32. The van der Waals surface area contributed by atoms with Gasteiger partial charge in [-0.15, -0.1) is 0 Å². The van der Waals surface area contributed by atoms with E-state index >= 15 is 0 Å². The summed E-state index contributed by atoms with van der Waals surface area (Å²) < 4.78 is 1.24. The Morgan fingerprint density at radius 1 is 1.00 bits per heavy atom. The molecular formula is C12H9BNO2PS. The molecule has 2 aromatic carbocycles. The Bertz CT molecular complexity index is 625. The van der Waals surface area contributed by atoms with Gasteiger partial charge in [0.25, 0.3) is 11.8 Å². The molecule has 1 atom stereocenters. The fraction of sp³-hybridized carbons (Fsp3) is 0. The van der Waals surface area contributed by atoms with Crippen LogP contribution in [0.3, 0.4) is 0 Å². The third-order valence-electron chi connectivity index (χ3n) is 2.94. The fourth-order valence-corrected chi connectivity index (χ4v) is 3.23. The number of nitrogens with zero attached hydrogens (tertiary/aromatic N) is 1. The Kier molecular flexibility index (Phi) is 2.88. The van der Waals surface area contributed by atoms with Gasteiger partial charge in [0.15, 0.2) is 0 Å². The van der Waals surface area contributed by atoms with Crippen LogP contribution < -0.4 is 0 Å². The zero-order valence-electron chi connectivity index (χ0n) is 9.42. The van der Waals surface area contributed by atoms with Crippen LogP contribution in [0.1, 0.15) is 20.7 Å². The first-order valence-corrected chi connectivity index (χ1v) is 7.23. The number of carbonyl (C=O) groups is 2. The number of hydrogen-bond acceptors (Lipinski definition) is 3. The first kappa shape index (κ1) is 11.8. The van der Waals surface area contributed by atoms with Gasteiger partial charge in [-0.05, 0) is 17.5 Å². The SMILES string of the molecule is O=C1c2cccc3cccc(c23)C(=O)N1SBP. The largest absolute Gasteiger partial charge is 0.270 e. The maximum absolute atomic E-state index is 12.3. The highest BCUT2D eigenvalue weighted by atomic mass is 32.2. The molecule has 0 fully saturated rings. The van der Waals surface area contributed by atoms with Crippen LogP contribution >= 0.6 is 20.9 Å². The molecule has 0 aliphatic carbocycles. The highest BCUT2D eigenvalue weighted by Gasteiger charge is 2.32. The monoisotopic (exact) mass is 273 g/mol. The summed E-state index contributed by atoms with van der Waals surface area (Å²) in [4.78, 5) is 24.6. The molecule has 1 aliphatic heterocycles. The lowest BCUT2D eigenvalue weighted by Crippen LogP contribution is -2.35. The van der Waals surface area contributed by atoms with E-state index in [9.17, 15) is 9.59 Å². The summed E-state index contributed by atoms with van der Waals surface area (Å²) >= 11 is 1.21. The van der Waals surface area contributed by atoms with Crippen molar-refractivity contribution in [3.8, 4) is 0 Å². The van der Waals surface area contributed by atoms with E-state index in [1.54, 1.807) is 12.1 Å². The predicted molar refractivity (Wildman–Crippen MR) is 78.9 cm³/mol. The molecule has 3 nitrogen and oxygen atoms in total. The van der Waals surface area contributed by atoms with Crippen LogP contribution in [0, 0.1) is 0 Å². The summed E-state index contributed by atoms with van der Waals surface area (Å²) in [7, 11) is 2.51. The van der Waals surface area contributed by atoms with Crippen LogP contribution in [0.5, 0.6) is 0 Å². The summed E-state index contributed by atoms with van der Waals surface area (Å²) in [5, 5.41) is 1.71. The average Bonchev–Trinajstić information content (AvgIpc) is 2.40. The van der Waals surface area contributed by atoms with E-state index in [0.717, 1.165) is 10.8 Å². The number of hydrogen-bond donors (Lipinski definition) is 0. The van der Waals surface area contributed by atoms with E-state index in [-0.39, 0.29) is 11.8 Å². The minimum Gasteiger partial charge on any atom is -0.268 e. The van der Waals surface area contributed by atoms with Gasteiger partial charge in [0.1, 0.15) is 0 Å². The van der Waals surface area contributed by atoms with Gasteiger partial charge in [-0.25, -0.2) is 4.31 Å². The zero-order chi connectivity index (χ0) is 12.7. The molecule has 0 saturated heterocycles. The number of imide groups is 1. The second-order valence-electron chi connectivity index (χ2n) is 3.91.